The summed E-state index contributed by atoms with van der Waals surface area (Å²) in [6.45, 7) is 9.01. The quantitative estimate of drug-likeness (QED) is 0.363. The predicted octanol–water partition coefficient (Wildman–Crippen LogP) is 0.949. The van der Waals surface area contributed by atoms with E-state index >= 15 is 0 Å². The van der Waals surface area contributed by atoms with E-state index in [1.165, 1.54) is 7.11 Å². The van der Waals surface area contributed by atoms with Crippen LogP contribution < -0.4 is 5.73 Å². The van der Waals surface area contributed by atoms with E-state index in [2.05, 4.69) is 13.2 Å². The molecule has 102 valence electrons. The molecule has 0 bridgehead atoms. The lowest BCUT2D eigenvalue weighted by Gasteiger charge is -2.28. The molecule has 2 N–H and O–H groups in total. The van der Waals surface area contributed by atoms with Gasteiger partial charge in [-0.1, -0.05) is 13.2 Å². The highest BCUT2D eigenvalue weighted by atomic mass is 28.4. The number of rotatable bonds is 10. The summed E-state index contributed by atoms with van der Waals surface area (Å²) in [6, 6.07) is 0.616. The van der Waals surface area contributed by atoms with Crippen LogP contribution in [0.4, 0.5) is 0 Å². The number of carbonyl (C=O) groups excluding carboxylic acids is 2. The van der Waals surface area contributed by atoms with Crippen LogP contribution in [0.3, 0.4) is 0 Å². The van der Waals surface area contributed by atoms with Gasteiger partial charge in [-0.05, 0) is 37.7 Å². The summed E-state index contributed by atoms with van der Waals surface area (Å²) in [6.07, 6.45) is 1.65. The highest BCUT2D eigenvalue weighted by Gasteiger charge is 2.37. The van der Waals surface area contributed by atoms with Gasteiger partial charge in [-0.3, -0.25) is 9.59 Å². The fraction of sp³-hybridized carbons (Fsp3) is 0.500. The fourth-order valence-electron chi connectivity index (χ4n) is 1.35. The van der Waals surface area contributed by atoms with Crippen LogP contribution in [-0.4, -0.2) is 39.9 Å². The van der Waals surface area contributed by atoms with Gasteiger partial charge in [0.15, 0.2) is 17.7 Å². The standard InChI is InChI=1S/C12H21NO4Si/c1-5-10(14)12(11(15)6-2)17-18(4,16-3)9-7-8-13/h5-6,12H,1-2,7-9,13H2,3-4H3. The molecule has 0 aliphatic heterocycles. The Labute approximate surface area is 109 Å². The summed E-state index contributed by atoms with van der Waals surface area (Å²) < 4.78 is 11.0. The summed E-state index contributed by atoms with van der Waals surface area (Å²) >= 11 is 0. The lowest BCUT2D eigenvalue weighted by atomic mass is 10.1. The molecule has 0 saturated heterocycles. The summed E-state index contributed by atoms with van der Waals surface area (Å²) in [4.78, 5) is 23.2. The van der Waals surface area contributed by atoms with Gasteiger partial charge in [0, 0.05) is 7.11 Å². The number of carbonyl (C=O) groups is 2. The Kier molecular flexibility index (Phi) is 7.61. The number of ketones is 2. The molecule has 0 aliphatic carbocycles. The van der Waals surface area contributed by atoms with Crippen molar-refractivity contribution in [3.05, 3.63) is 25.3 Å². The summed E-state index contributed by atoms with van der Waals surface area (Å²) in [5.41, 5.74) is 5.44. The third-order valence-corrected chi connectivity index (χ3v) is 5.41. The minimum atomic E-state index is -2.58. The largest absolute Gasteiger partial charge is 0.398 e. The molecule has 18 heavy (non-hydrogen) atoms. The van der Waals surface area contributed by atoms with E-state index in [1.807, 2.05) is 0 Å². The van der Waals surface area contributed by atoms with Crippen LogP contribution in [0.2, 0.25) is 12.6 Å². The van der Waals surface area contributed by atoms with Crippen LogP contribution in [0.15, 0.2) is 25.3 Å². The van der Waals surface area contributed by atoms with Gasteiger partial charge in [0.2, 0.25) is 0 Å². The van der Waals surface area contributed by atoms with E-state index in [4.69, 9.17) is 14.6 Å². The monoisotopic (exact) mass is 271 g/mol. The van der Waals surface area contributed by atoms with Crippen molar-refractivity contribution in [2.24, 2.45) is 5.73 Å². The van der Waals surface area contributed by atoms with Crippen LogP contribution in [0.5, 0.6) is 0 Å². The van der Waals surface area contributed by atoms with E-state index in [-0.39, 0.29) is 0 Å². The third-order valence-electron chi connectivity index (χ3n) is 2.55. The molecular formula is C12H21NO4Si. The Morgan fingerprint density at radius 1 is 1.33 bits per heavy atom. The highest BCUT2D eigenvalue weighted by molar-refractivity contribution is 6.66. The van der Waals surface area contributed by atoms with Crippen molar-refractivity contribution < 1.29 is 18.4 Å². The Balaban J connectivity index is 4.92. The molecule has 0 spiro atoms. The predicted molar refractivity (Wildman–Crippen MR) is 72.4 cm³/mol. The smallest absolute Gasteiger partial charge is 0.335 e. The molecule has 0 aromatic carbocycles. The van der Waals surface area contributed by atoms with Crippen LogP contribution in [0.25, 0.3) is 0 Å². The molecule has 0 heterocycles. The summed E-state index contributed by atoms with van der Waals surface area (Å²) in [5.74, 6) is -0.966. The van der Waals surface area contributed by atoms with Gasteiger partial charge in [-0.15, -0.1) is 0 Å². The molecule has 1 atom stereocenters. The Morgan fingerprint density at radius 3 is 2.17 bits per heavy atom. The Bertz CT molecular complexity index is 312. The normalized spacial score (nSPS) is 14.0. The molecule has 0 radical (unpaired) electrons. The lowest BCUT2D eigenvalue weighted by molar-refractivity contribution is -0.132. The molecule has 0 aromatic rings. The first-order chi connectivity index (χ1) is 8.44. The van der Waals surface area contributed by atoms with Gasteiger partial charge >= 0.3 is 8.56 Å². The first-order valence-electron chi connectivity index (χ1n) is 5.69. The molecular weight excluding hydrogens is 250 g/mol. The molecule has 6 heteroatoms. The molecule has 5 nitrogen and oxygen atoms in total. The maximum atomic E-state index is 11.6. The van der Waals surface area contributed by atoms with Gasteiger partial charge < -0.3 is 14.6 Å². The van der Waals surface area contributed by atoms with Crippen molar-refractivity contribution in [3.8, 4) is 0 Å². The van der Waals surface area contributed by atoms with Crippen LogP contribution in [-0.2, 0) is 18.4 Å². The second-order valence-corrected chi connectivity index (χ2v) is 7.35. The molecule has 0 aromatic heterocycles. The first kappa shape index (κ1) is 16.9. The van der Waals surface area contributed by atoms with E-state index < -0.39 is 26.2 Å². The first-order valence-corrected chi connectivity index (χ1v) is 8.22. The molecule has 0 fully saturated rings. The zero-order valence-corrected chi connectivity index (χ0v) is 12.0. The molecule has 0 rings (SSSR count). The third kappa shape index (κ3) is 5.05. The van der Waals surface area contributed by atoms with Crippen molar-refractivity contribution >= 4 is 20.1 Å². The molecule has 1 unspecified atom stereocenters. The lowest BCUT2D eigenvalue weighted by Crippen LogP contribution is -2.46. The van der Waals surface area contributed by atoms with Crippen LogP contribution >= 0.6 is 0 Å². The number of hydrogen-bond donors (Lipinski definition) is 1. The Morgan fingerprint density at radius 2 is 1.83 bits per heavy atom. The topological polar surface area (TPSA) is 78.6 Å². The average Bonchev–Trinajstić information content (AvgIpc) is 2.40. The van der Waals surface area contributed by atoms with Crippen molar-refractivity contribution in [1.29, 1.82) is 0 Å². The molecule has 0 amide bonds. The van der Waals surface area contributed by atoms with Gasteiger partial charge in [-0.25, -0.2) is 0 Å². The van der Waals surface area contributed by atoms with Crippen LogP contribution in [0.1, 0.15) is 6.42 Å². The molecule has 0 aliphatic rings. The minimum Gasteiger partial charge on any atom is -0.398 e. The van der Waals surface area contributed by atoms with Crippen LogP contribution in [0, 0.1) is 0 Å². The second kappa shape index (κ2) is 8.10. The second-order valence-electron chi connectivity index (χ2n) is 3.94. The van der Waals surface area contributed by atoms with E-state index in [0.29, 0.717) is 19.0 Å². The van der Waals surface area contributed by atoms with Gasteiger partial charge in [0.05, 0.1) is 0 Å². The zero-order chi connectivity index (χ0) is 14.2. The van der Waals surface area contributed by atoms with Crippen molar-refractivity contribution in [2.45, 2.75) is 25.1 Å². The van der Waals surface area contributed by atoms with Gasteiger partial charge in [0.25, 0.3) is 0 Å². The summed E-state index contributed by atoms with van der Waals surface area (Å²) in [7, 11) is -1.07. The minimum absolute atomic E-state index is 0.483. The maximum Gasteiger partial charge on any atom is 0.335 e. The average molecular weight is 271 g/mol. The Hall–Kier alpha value is -1.08. The molecule has 0 saturated carbocycles. The SMILES string of the molecule is C=CC(=O)C(O[Si](C)(CCCN)OC)C(=O)C=C. The number of nitrogens with two attached hydrogens (primary N) is 1. The van der Waals surface area contributed by atoms with Crippen molar-refractivity contribution in [1.82, 2.24) is 0 Å². The van der Waals surface area contributed by atoms with Crippen molar-refractivity contribution in [3.63, 3.8) is 0 Å². The number of hydrogen-bond acceptors (Lipinski definition) is 5. The van der Waals surface area contributed by atoms with E-state index in [1.54, 1.807) is 6.55 Å². The maximum absolute atomic E-state index is 11.6. The highest BCUT2D eigenvalue weighted by Crippen LogP contribution is 2.18. The zero-order valence-electron chi connectivity index (χ0n) is 11.0. The van der Waals surface area contributed by atoms with Gasteiger partial charge in [-0.2, -0.15) is 0 Å². The fourth-order valence-corrected chi connectivity index (χ4v) is 3.35. The van der Waals surface area contributed by atoms with E-state index in [9.17, 15) is 9.59 Å². The van der Waals surface area contributed by atoms with Gasteiger partial charge in [0.1, 0.15) is 0 Å². The van der Waals surface area contributed by atoms with Crippen molar-refractivity contribution in [2.75, 3.05) is 13.7 Å². The van der Waals surface area contributed by atoms with E-state index in [0.717, 1.165) is 12.2 Å². The summed E-state index contributed by atoms with van der Waals surface area (Å²) in [5, 5.41) is 0.